The molecule has 8 heteroatoms. The van der Waals surface area contributed by atoms with Crippen molar-refractivity contribution in [1.29, 1.82) is 0 Å². The number of hydrogen-bond donors (Lipinski definition) is 0. The highest BCUT2D eigenvalue weighted by atomic mass is 32.1. The molecule has 0 aliphatic rings. The molecule has 0 spiro atoms. The molecule has 1 aromatic heterocycles. The summed E-state index contributed by atoms with van der Waals surface area (Å²) in [5.41, 5.74) is 0.889. The molecule has 0 saturated heterocycles. The number of carbonyl (C=O) groups is 2. The zero-order chi connectivity index (χ0) is 20.8. The summed E-state index contributed by atoms with van der Waals surface area (Å²) in [4.78, 5) is 30.0. The lowest BCUT2D eigenvalue weighted by molar-refractivity contribution is -0.115. The normalized spacial score (nSPS) is 10.4. The van der Waals surface area contributed by atoms with Crippen molar-refractivity contribution < 1.29 is 23.5 Å². The molecule has 0 radical (unpaired) electrons. The third-order valence-electron chi connectivity index (χ3n) is 3.90. The first-order valence-corrected chi connectivity index (χ1v) is 9.77. The van der Waals surface area contributed by atoms with E-state index in [2.05, 4.69) is 4.98 Å². The predicted molar refractivity (Wildman–Crippen MR) is 108 cm³/mol. The number of carbonyl (C=O) groups excluding carboxylic acids is 2. The molecular formula is C21H19FN2O4S. The van der Waals surface area contributed by atoms with Gasteiger partial charge in [0.05, 0.1) is 18.0 Å². The molecule has 0 aliphatic carbocycles. The van der Waals surface area contributed by atoms with Gasteiger partial charge in [-0.3, -0.25) is 9.69 Å². The van der Waals surface area contributed by atoms with E-state index in [1.807, 2.05) is 6.92 Å². The summed E-state index contributed by atoms with van der Waals surface area (Å²) in [7, 11) is 0. The van der Waals surface area contributed by atoms with E-state index in [1.54, 1.807) is 41.8 Å². The number of ether oxygens (including phenoxy) is 2. The van der Waals surface area contributed by atoms with E-state index in [-0.39, 0.29) is 18.2 Å². The molecule has 3 aromatic rings. The molecule has 0 atom stereocenters. The molecule has 0 aliphatic heterocycles. The second-order valence-electron chi connectivity index (χ2n) is 5.93. The Kier molecular flexibility index (Phi) is 6.56. The van der Waals surface area contributed by atoms with Crippen LogP contribution >= 0.6 is 11.3 Å². The van der Waals surface area contributed by atoms with Gasteiger partial charge in [-0.25, -0.2) is 14.2 Å². The molecule has 150 valence electrons. The van der Waals surface area contributed by atoms with E-state index in [4.69, 9.17) is 9.47 Å². The molecule has 0 saturated carbocycles. The van der Waals surface area contributed by atoms with Crippen molar-refractivity contribution in [2.24, 2.45) is 0 Å². The number of aromatic nitrogens is 1. The highest BCUT2D eigenvalue weighted by molar-refractivity contribution is 7.14. The zero-order valence-electron chi connectivity index (χ0n) is 15.9. The number of thiazole rings is 1. The number of rotatable bonds is 7. The maximum atomic E-state index is 14.1. The molecule has 1 heterocycles. The van der Waals surface area contributed by atoms with Crippen LogP contribution < -0.4 is 9.64 Å². The van der Waals surface area contributed by atoms with Crippen LogP contribution in [0.3, 0.4) is 0 Å². The fourth-order valence-corrected chi connectivity index (χ4v) is 3.50. The molecular weight excluding hydrogens is 395 g/mol. The Hall–Kier alpha value is -3.26. The Morgan fingerprint density at radius 3 is 2.59 bits per heavy atom. The molecule has 6 nitrogen and oxygen atoms in total. The average molecular weight is 414 g/mol. The minimum Gasteiger partial charge on any atom is -0.493 e. The lowest BCUT2D eigenvalue weighted by Crippen LogP contribution is -2.23. The summed E-state index contributed by atoms with van der Waals surface area (Å²) in [5, 5.41) is 1.96. The Morgan fingerprint density at radius 2 is 1.86 bits per heavy atom. The van der Waals surface area contributed by atoms with Gasteiger partial charge in [-0.1, -0.05) is 24.3 Å². The first kappa shape index (κ1) is 20.5. The zero-order valence-corrected chi connectivity index (χ0v) is 16.7. The van der Waals surface area contributed by atoms with Crippen LogP contribution in [0.1, 0.15) is 29.9 Å². The molecule has 0 bridgehead atoms. The summed E-state index contributed by atoms with van der Waals surface area (Å²) in [5.74, 6) is -1.00. The second-order valence-corrected chi connectivity index (χ2v) is 6.77. The van der Waals surface area contributed by atoms with Gasteiger partial charge in [-0.15, -0.1) is 11.3 Å². The Balaban J connectivity index is 1.74. The van der Waals surface area contributed by atoms with Crippen LogP contribution in [0.4, 0.5) is 15.2 Å². The molecule has 0 fully saturated rings. The fraction of sp³-hybridized carbons (Fsp3) is 0.190. The van der Waals surface area contributed by atoms with Gasteiger partial charge < -0.3 is 9.47 Å². The number of anilines is 2. The largest absolute Gasteiger partial charge is 0.493 e. The first-order chi connectivity index (χ1) is 14.0. The summed E-state index contributed by atoms with van der Waals surface area (Å²) >= 11 is 1.16. The summed E-state index contributed by atoms with van der Waals surface area (Å²) < 4.78 is 24.9. The predicted octanol–water partition coefficient (Wildman–Crippen LogP) is 4.72. The van der Waals surface area contributed by atoms with Crippen molar-refractivity contribution in [2.75, 3.05) is 11.5 Å². The highest BCUT2D eigenvalue weighted by Gasteiger charge is 2.21. The first-order valence-electron chi connectivity index (χ1n) is 8.89. The molecule has 2 aromatic carbocycles. The van der Waals surface area contributed by atoms with Crippen molar-refractivity contribution >= 4 is 34.0 Å². The van der Waals surface area contributed by atoms with E-state index in [1.165, 1.54) is 24.0 Å². The SMILES string of the molecule is CCOc1ccccc1C(=O)OCc1csc(N(C(C)=O)c2ccccc2F)n1. The smallest absolute Gasteiger partial charge is 0.342 e. The quantitative estimate of drug-likeness (QED) is 0.523. The van der Waals surface area contributed by atoms with Crippen LogP contribution in [-0.4, -0.2) is 23.5 Å². The molecule has 29 heavy (non-hydrogen) atoms. The number of amides is 1. The number of benzene rings is 2. The van der Waals surface area contributed by atoms with Crippen LogP contribution in [0.5, 0.6) is 5.75 Å². The Morgan fingerprint density at radius 1 is 1.14 bits per heavy atom. The van der Waals surface area contributed by atoms with Gasteiger partial charge in [-0.05, 0) is 31.2 Å². The van der Waals surface area contributed by atoms with E-state index in [9.17, 15) is 14.0 Å². The lowest BCUT2D eigenvalue weighted by atomic mass is 10.2. The third-order valence-corrected chi connectivity index (χ3v) is 4.77. The Labute approximate surface area is 171 Å². The van der Waals surface area contributed by atoms with Gasteiger partial charge in [0.15, 0.2) is 5.13 Å². The average Bonchev–Trinajstić information content (AvgIpc) is 3.17. The van der Waals surface area contributed by atoms with Crippen molar-refractivity contribution in [1.82, 2.24) is 4.98 Å². The number of para-hydroxylation sites is 2. The van der Waals surface area contributed by atoms with Crippen molar-refractivity contribution in [3.8, 4) is 5.75 Å². The number of halogens is 1. The Bertz CT molecular complexity index is 1020. The standard InChI is InChI=1S/C21H19FN2O4S/c1-3-27-19-11-7-4-8-16(19)20(26)28-12-15-13-29-21(23-15)24(14(2)25)18-10-6-5-9-17(18)22/h4-11,13H,3,12H2,1-2H3. The van der Waals surface area contributed by atoms with Gasteiger partial charge in [-0.2, -0.15) is 0 Å². The second kappa shape index (κ2) is 9.29. The number of esters is 1. The van der Waals surface area contributed by atoms with E-state index in [0.717, 1.165) is 11.3 Å². The monoisotopic (exact) mass is 414 g/mol. The number of nitrogens with zero attached hydrogens (tertiary/aromatic N) is 2. The van der Waals surface area contributed by atoms with Crippen LogP contribution in [0, 0.1) is 5.82 Å². The molecule has 1 amide bonds. The van der Waals surface area contributed by atoms with Gasteiger partial charge in [0.1, 0.15) is 23.7 Å². The minimum absolute atomic E-state index is 0.0845. The molecule has 0 unspecified atom stereocenters. The van der Waals surface area contributed by atoms with E-state index >= 15 is 0 Å². The van der Waals surface area contributed by atoms with Crippen LogP contribution in [0.15, 0.2) is 53.9 Å². The maximum absolute atomic E-state index is 14.1. The van der Waals surface area contributed by atoms with Crippen molar-refractivity contribution in [3.05, 3.63) is 71.0 Å². The minimum atomic E-state index is -0.541. The van der Waals surface area contributed by atoms with Gasteiger partial charge in [0, 0.05) is 12.3 Å². The highest BCUT2D eigenvalue weighted by Crippen LogP contribution is 2.31. The third kappa shape index (κ3) is 4.78. The maximum Gasteiger partial charge on any atom is 0.342 e. The molecule has 0 N–H and O–H groups in total. The van der Waals surface area contributed by atoms with Gasteiger partial charge in [0.25, 0.3) is 0 Å². The summed E-state index contributed by atoms with van der Waals surface area (Å²) in [6.45, 7) is 3.50. The van der Waals surface area contributed by atoms with Crippen LogP contribution in [0.25, 0.3) is 0 Å². The fourth-order valence-electron chi connectivity index (χ4n) is 2.64. The summed E-state index contributed by atoms with van der Waals surface area (Å²) in [6, 6.07) is 12.8. The van der Waals surface area contributed by atoms with Crippen molar-refractivity contribution in [2.45, 2.75) is 20.5 Å². The topological polar surface area (TPSA) is 68.7 Å². The van der Waals surface area contributed by atoms with Crippen molar-refractivity contribution in [3.63, 3.8) is 0 Å². The van der Waals surface area contributed by atoms with Crippen LogP contribution in [-0.2, 0) is 16.1 Å². The number of hydrogen-bond acceptors (Lipinski definition) is 6. The van der Waals surface area contributed by atoms with Gasteiger partial charge >= 0.3 is 5.97 Å². The summed E-state index contributed by atoms with van der Waals surface area (Å²) in [6.07, 6.45) is 0. The van der Waals surface area contributed by atoms with E-state index in [0.29, 0.717) is 28.7 Å². The van der Waals surface area contributed by atoms with Crippen LogP contribution in [0.2, 0.25) is 0 Å². The molecule has 3 rings (SSSR count). The van der Waals surface area contributed by atoms with E-state index < -0.39 is 11.8 Å². The lowest BCUT2D eigenvalue weighted by Gasteiger charge is -2.18. The van der Waals surface area contributed by atoms with Gasteiger partial charge in [0.2, 0.25) is 5.91 Å².